The number of aromatic nitrogens is 1. The summed E-state index contributed by atoms with van der Waals surface area (Å²) in [6.45, 7) is 3.92. The van der Waals surface area contributed by atoms with Crippen molar-refractivity contribution in [1.29, 1.82) is 0 Å². The SMILES string of the molecule is Cc1ccccc1NC(=O)c1ccc(Nc2ccc(Cl)cc2C)nc1. The van der Waals surface area contributed by atoms with Gasteiger partial charge in [-0.2, -0.15) is 0 Å². The van der Waals surface area contributed by atoms with Gasteiger partial charge in [-0.1, -0.05) is 29.8 Å². The Bertz CT molecular complexity index is 907. The summed E-state index contributed by atoms with van der Waals surface area (Å²) in [5.74, 6) is 0.480. The monoisotopic (exact) mass is 351 g/mol. The topological polar surface area (TPSA) is 54.0 Å². The molecule has 0 aliphatic carbocycles. The predicted molar refractivity (Wildman–Crippen MR) is 103 cm³/mol. The van der Waals surface area contributed by atoms with Gasteiger partial charge < -0.3 is 10.6 Å². The zero-order valence-electron chi connectivity index (χ0n) is 14.0. The maximum Gasteiger partial charge on any atom is 0.257 e. The molecule has 0 atom stereocenters. The van der Waals surface area contributed by atoms with Crippen LogP contribution in [-0.2, 0) is 0 Å². The summed E-state index contributed by atoms with van der Waals surface area (Å²) in [6.07, 6.45) is 1.56. The van der Waals surface area contributed by atoms with Gasteiger partial charge in [0, 0.05) is 22.6 Å². The fourth-order valence-corrected chi connectivity index (χ4v) is 2.64. The molecule has 0 fully saturated rings. The molecule has 0 aliphatic heterocycles. The van der Waals surface area contributed by atoms with Crippen LogP contribution < -0.4 is 10.6 Å². The number of aryl methyl sites for hydroxylation is 2. The molecule has 25 heavy (non-hydrogen) atoms. The quantitative estimate of drug-likeness (QED) is 0.666. The third kappa shape index (κ3) is 4.17. The van der Waals surface area contributed by atoms with Crippen molar-refractivity contribution in [2.24, 2.45) is 0 Å². The molecule has 0 radical (unpaired) electrons. The van der Waals surface area contributed by atoms with Crippen LogP contribution in [0.3, 0.4) is 0 Å². The highest BCUT2D eigenvalue weighted by atomic mass is 35.5. The summed E-state index contributed by atoms with van der Waals surface area (Å²) in [6, 6.07) is 16.8. The van der Waals surface area contributed by atoms with Gasteiger partial charge in [0.15, 0.2) is 0 Å². The standard InChI is InChI=1S/C20H18ClN3O/c1-13-5-3-4-6-17(13)24-20(25)15-7-10-19(22-12-15)23-18-9-8-16(21)11-14(18)2/h3-12H,1-2H3,(H,22,23)(H,24,25). The van der Waals surface area contributed by atoms with Crippen molar-refractivity contribution in [3.8, 4) is 0 Å². The van der Waals surface area contributed by atoms with Gasteiger partial charge in [0.1, 0.15) is 5.82 Å². The van der Waals surface area contributed by atoms with Crippen LogP contribution in [-0.4, -0.2) is 10.9 Å². The first kappa shape index (κ1) is 17.0. The largest absolute Gasteiger partial charge is 0.340 e. The number of nitrogens with one attached hydrogen (secondary N) is 2. The molecule has 0 unspecified atom stereocenters. The fourth-order valence-electron chi connectivity index (χ4n) is 2.42. The van der Waals surface area contributed by atoms with Crippen LogP contribution in [0.2, 0.25) is 5.02 Å². The molecule has 0 saturated carbocycles. The van der Waals surface area contributed by atoms with E-state index in [0.717, 1.165) is 22.5 Å². The highest BCUT2D eigenvalue weighted by Crippen LogP contribution is 2.23. The molecular formula is C20H18ClN3O. The Hall–Kier alpha value is -2.85. The Morgan fingerprint density at radius 3 is 2.44 bits per heavy atom. The van der Waals surface area contributed by atoms with E-state index in [4.69, 9.17) is 11.6 Å². The van der Waals surface area contributed by atoms with Crippen LogP contribution in [0.5, 0.6) is 0 Å². The Balaban J connectivity index is 1.71. The fraction of sp³-hybridized carbons (Fsp3) is 0.100. The minimum absolute atomic E-state index is 0.184. The smallest absolute Gasteiger partial charge is 0.257 e. The molecule has 1 heterocycles. The number of para-hydroxylation sites is 1. The van der Waals surface area contributed by atoms with E-state index in [0.29, 0.717) is 16.4 Å². The molecule has 0 spiro atoms. The molecule has 2 aromatic carbocycles. The molecule has 1 amide bonds. The number of carbonyl (C=O) groups excluding carboxylic acids is 1. The van der Waals surface area contributed by atoms with Gasteiger partial charge in [0.25, 0.3) is 5.91 Å². The van der Waals surface area contributed by atoms with Gasteiger partial charge in [-0.25, -0.2) is 4.98 Å². The molecule has 1 aromatic heterocycles. The molecule has 0 saturated heterocycles. The minimum Gasteiger partial charge on any atom is -0.340 e. The number of anilines is 3. The first-order chi connectivity index (χ1) is 12.0. The number of benzene rings is 2. The first-order valence-corrected chi connectivity index (χ1v) is 8.27. The van der Waals surface area contributed by atoms with Gasteiger partial charge in [-0.15, -0.1) is 0 Å². The van der Waals surface area contributed by atoms with Crippen LogP contribution >= 0.6 is 11.6 Å². The molecule has 3 rings (SSSR count). The van der Waals surface area contributed by atoms with Crippen molar-refractivity contribution in [3.63, 3.8) is 0 Å². The van der Waals surface area contributed by atoms with E-state index >= 15 is 0 Å². The summed E-state index contributed by atoms with van der Waals surface area (Å²) < 4.78 is 0. The van der Waals surface area contributed by atoms with Gasteiger partial charge in [-0.3, -0.25) is 4.79 Å². The number of nitrogens with zero attached hydrogens (tertiary/aromatic N) is 1. The van der Waals surface area contributed by atoms with Crippen molar-refractivity contribution >= 4 is 34.7 Å². The third-order valence-electron chi connectivity index (χ3n) is 3.87. The number of carbonyl (C=O) groups is 1. The lowest BCUT2D eigenvalue weighted by Gasteiger charge is -2.10. The summed E-state index contributed by atoms with van der Waals surface area (Å²) >= 11 is 5.97. The van der Waals surface area contributed by atoms with E-state index in [1.807, 2.05) is 56.3 Å². The van der Waals surface area contributed by atoms with Gasteiger partial charge in [-0.05, 0) is 61.4 Å². The lowest BCUT2D eigenvalue weighted by molar-refractivity contribution is 0.102. The van der Waals surface area contributed by atoms with Crippen molar-refractivity contribution in [1.82, 2.24) is 4.98 Å². The van der Waals surface area contributed by atoms with Gasteiger partial charge >= 0.3 is 0 Å². The van der Waals surface area contributed by atoms with Crippen molar-refractivity contribution in [3.05, 3.63) is 82.5 Å². The zero-order valence-corrected chi connectivity index (χ0v) is 14.8. The normalized spacial score (nSPS) is 10.4. The van der Waals surface area contributed by atoms with Gasteiger partial charge in [0.2, 0.25) is 0 Å². The van der Waals surface area contributed by atoms with E-state index in [2.05, 4.69) is 15.6 Å². The number of hydrogen-bond acceptors (Lipinski definition) is 3. The molecule has 0 bridgehead atoms. The lowest BCUT2D eigenvalue weighted by Crippen LogP contribution is -2.13. The Labute approximate surface area is 151 Å². The van der Waals surface area contributed by atoms with E-state index < -0.39 is 0 Å². The number of pyridine rings is 1. The van der Waals surface area contributed by atoms with Gasteiger partial charge in [0.05, 0.1) is 5.56 Å². The molecule has 2 N–H and O–H groups in total. The van der Waals surface area contributed by atoms with Crippen LogP contribution in [0.1, 0.15) is 21.5 Å². The molecular weight excluding hydrogens is 334 g/mol. The van der Waals surface area contributed by atoms with E-state index in [1.165, 1.54) is 0 Å². The van der Waals surface area contributed by atoms with Crippen LogP contribution in [0.15, 0.2) is 60.8 Å². The molecule has 5 heteroatoms. The number of rotatable bonds is 4. The van der Waals surface area contributed by atoms with E-state index in [1.54, 1.807) is 18.3 Å². The second-order valence-electron chi connectivity index (χ2n) is 5.79. The number of halogens is 1. The number of hydrogen-bond donors (Lipinski definition) is 2. The molecule has 126 valence electrons. The van der Waals surface area contributed by atoms with Crippen LogP contribution in [0.4, 0.5) is 17.2 Å². The summed E-state index contributed by atoms with van der Waals surface area (Å²) in [7, 11) is 0. The minimum atomic E-state index is -0.184. The maximum absolute atomic E-state index is 12.3. The Morgan fingerprint density at radius 1 is 0.960 bits per heavy atom. The summed E-state index contributed by atoms with van der Waals surface area (Å²) in [5.41, 5.74) is 4.26. The third-order valence-corrected chi connectivity index (χ3v) is 4.11. The summed E-state index contributed by atoms with van der Waals surface area (Å²) in [4.78, 5) is 16.7. The maximum atomic E-state index is 12.3. The zero-order chi connectivity index (χ0) is 17.8. The highest BCUT2D eigenvalue weighted by Gasteiger charge is 2.08. The second kappa shape index (κ2) is 7.36. The van der Waals surface area contributed by atoms with Crippen LogP contribution in [0.25, 0.3) is 0 Å². The highest BCUT2D eigenvalue weighted by molar-refractivity contribution is 6.30. The average Bonchev–Trinajstić information content (AvgIpc) is 2.60. The Kier molecular flexibility index (Phi) is 5.00. The lowest BCUT2D eigenvalue weighted by atomic mass is 10.2. The van der Waals surface area contributed by atoms with Crippen molar-refractivity contribution in [2.45, 2.75) is 13.8 Å². The van der Waals surface area contributed by atoms with Crippen molar-refractivity contribution < 1.29 is 4.79 Å². The van der Waals surface area contributed by atoms with E-state index in [-0.39, 0.29) is 5.91 Å². The molecule has 0 aliphatic rings. The van der Waals surface area contributed by atoms with E-state index in [9.17, 15) is 4.79 Å². The summed E-state index contributed by atoms with van der Waals surface area (Å²) in [5, 5.41) is 6.81. The van der Waals surface area contributed by atoms with Crippen LogP contribution in [0, 0.1) is 13.8 Å². The Morgan fingerprint density at radius 2 is 1.76 bits per heavy atom. The number of amides is 1. The first-order valence-electron chi connectivity index (χ1n) is 7.89. The second-order valence-corrected chi connectivity index (χ2v) is 6.22. The predicted octanol–water partition coefficient (Wildman–Crippen LogP) is 5.35. The molecule has 3 aromatic rings. The van der Waals surface area contributed by atoms with Crippen molar-refractivity contribution in [2.75, 3.05) is 10.6 Å². The molecule has 4 nitrogen and oxygen atoms in total. The average molecular weight is 352 g/mol.